The fraction of sp³-hybridized carbons (Fsp3) is 0.0667. The molecule has 0 aliphatic heterocycles. The Morgan fingerprint density at radius 1 is 1.04 bits per heavy atom. The third kappa shape index (κ3) is 3.14. The number of nitrogens with zero attached hydrogens (tertiary/aromatic N) is 5. The second-order valence-electron chi connectivity index (χ2n) is 5.10. The molecule has 0 unspecified atom stereocenters. The van der Waals surface area contributed by atoms with Crippen molar-refractivity contribution in [1.82, 2.24) is 15.0 Å². The van der Waals surface area contributed by atoms with Crippen LogP contribution in [0.5, 0.6) is 0 Å². The van der Waals surface area contributed by atoms with Gasteiger partial charge < -0.3 is 17.2 Å². The number of benzene rings is 2. The fourth-order valence-electron chi connectivity index (χ4n) is 2.15. The molecule has 0 radical (unpaired) electrons. The highest BCUT2D eigenvalue weighted by molar-refractivity contribution is 5.94. The van der Waals surface area contributed by atoms with Crippen LogP contribution in [-0.4, -0.2) is 26.9 Å². The summed E-state index contributed by atoms with van der Waals surface area (Å²) < 4.78 is 13.0. The van der Waals surface area contributed by atoms with Gasteiger partial charge in [-0.25, -0.2) is 9.38 Å². The molecule has 0 amide bonds. The largest absolute Gasteiger partial charge is 0.370 e. The Hall–Kier alpha value is -3.49. The first kappa shape index (κ1) is 15.4. The van der Waals surface area contributed by atoms with E-state index in [9.17, 15) is 4.39 Å². The lowest BCUT2D eigenvalue weighted by Crippen LogP contribution is -2.26. The smallest absolute Gasteiger partial charge is 0.223 e. The Morgan fingerprint density at radius 2 is 1.67 bits per heavy atom. The number of aliphatic imine (C=N–C) groups is 2. The number of aromatic nitrogens is 3. The van der Waals surface area contributed by atoms with Crippen molar-refractivity contribution in [2.24, 2.45) is 27.2 Å². The van der Waals surface area contributed by atoms with E-state index < -0.39 is 0 Å². The van der Waals surface area contributed by atoms with Gasteiger partial charge in [-0.2, -0.15) is 9.79 Å². The lowest BCUT2D eigenvalue weighted by atomic mass is 10.2. The van der Waals surface area contributed by atoms with Crippen LogP contribution in [0.2, 0.25) is 0 Å². The summed E-state index contributed by atoms with van der Waals surface area (Å²) >= 11 is 0. The first-order valence-corrected chi connectivity index (χ1v) is 7.00. The second-order valence-corrected chi connectivity index (χ2v) is 5.10. The van der Waals surface area contributed by atoms with Gasteiger partial charge in [0.1, 0.15) is 16.9 Å². The van der Waals surface area contributed by atoms with E-state index in [1.807, 2.05) is 13.0 Å². The van der Waals surface area contributed by atoms with Crippen molar-refractivity contribution in [3.05, 3.63) is 47.8 Å². The maximum atomic E-state index is 13.0. The molecule has 0 aliphatic carbocycles. The minimum Gasteiger partial charge on any atom is -0.370 e. The van der Waals surface area contributed by atoms with Gasteiger partial charge in [-0.15, -0.1) is 10.2 Å². The van der Waals surface area contributed by atoms with Crippen molar-refractivity contribution in [2.75, 3.05) is 0 Å². The SMILES string of the molecule is Cc1cc2nn(-c3ccc(F)cc3)nc2cc1N=C(N)N=C(N)N. The molecule has 0 aliphatic rings. The molecule has 0 atom stereocenters. The molecular formula is C15H15FN8. The van der Waals surface area contributed by atoms with Crippen LogP contribution < -0.4 is 17.2 Å². The van der Waals surface area contributed by atoms with E-state index in [1.54, 1.807) is 18.2 Å². The predicted octanol–water partition coefficient (Wildman–Crippen LogP) is 1.09. The zero-order chi connectivity index (χ0) is 17.3. The highest BCUT2D eigenvalue weighted by atomic mass is 19.1. The maximum Gasteiger partial charge on any atom is 0.223 e. The van der Waals surface area contributed by atoms with E-state index in [2.05, 4.69) is 20.2 Å². The third-order valence-corrected chi connectivity index (χ3v) is 3.23. The lowest BCUT2D eigenvalue weighted by Gasteiger charge is -2.00. The Morgan fingerprint density at radius 3 is 2.29 bits per heavy atom. The Kier molecular flexibility index (Phi) is 3.82. The van der Waals surface area contributed by atoms with Gasteiger partial charge in [0.15, 0.2) is 5.96 Å². The van der Waals surface area contributed by atoms with Gasteiger partial charge in [-0.3, -0.25) is 0 Å². The van der Waals surface area contributed by atoms with Crippen LogP contribution >= 0.6 is 0 Å². The molecule has 3 rings (SSSR count). The van der Waals surface area contributed by atoms with Crippen molar-refractivity contribution in [3.63, 3.8) is 0 Å². The van der Waals surface area contributed by atoms with Gasteiger partial charge in [-0.1, -0.05) is 0 Å². The van der Waals surface area contributed by atoms with Crippen LogP contribution in [-0.2, 0) is 0 Å². The topological polar surface area (TPSA) is 133 Å². The highest BCUT2D eigenvalue weighted by Gasteiger charge is 2.08. The molecule has 3 aromatic rings. The molecule has 8 nitrogen and oxygen atoms in total. The molecule has 2 aromatic carbocycles. The molecule has 0 spiro atoms. The zero-order valence-electron chi connectivity index (χ0n) is 12.8. The molecule has 0 fully saturated rings. The summed E-state index contributed by atoms with van der Waals surface area (Å²) in [6.45, 7) is 1.86. The summed E-state index contributed by atoms with van der Waals surface area (Å²) in [7, 11) is 0. The standard InChI is InChI=1S/C15H15FN8/c1-8-6-12-13(7-11(8)20-15(19)21-14(17)18)23-24(22-12)10-4-2-9(16)3-5-10/h2-7H,1H3,(H6,17,18,19,20,21). The van der Waals surface area contributed by atoms with E-state index in [4.69, 9.17) is 17.2 Å². The first-order chi connectivity index (χ1) is 11.4. The van der Waals surface area contributed by atoms with E-state index in [-0.39, 0.29) is 17.7 Å². The van der Waals surface area contributed by atoms with E-state index in [0.29, 0.717) is 22.4 Å². The van der Waals surface area contributed by atoms with Crippen molar-refractivity contribution in [2.45, 2.75) is 6.92 Å². The molecule has 0 bridgehead atoms. The molecule has 0 saturated carbocycles. The number of fused-ring (bicyclic) bond motifs is 1. The summed E-state index contributed by atoms with van der Waals surface area (Å²) in [5, 5.41) is 8.75. The van der Waals surface area contributed by atoms with Crippen molar-refractivity contribution in [3.8, 4) is 5.69 Å². The number of aryl methyl sites for hydroxylation is 1. The second kappa shape index (κ2) is 5.95. The number of rotatable bonds is 2. The Bertz CT molecular complexity index is 952. The van der Waals surface area contributed by atoms with Crippen molar-refractivity contribution < 1.29 is 4.39 Å². The van der Waals surface area contributed by atoms with Crippen molar-refractivity contribution in [1.29, 1.82) is 0 Å². The number of hydrogen-bond donors (Lipinski definition) is 3. The number of nitrogens with two attached hydrogens (primary N) is 3. The normalized spacial score (nSPS) is 11.7. The van der Waals surface area contributed by atoms with Crippen molar-refractivity contribution >= 4 is 28.6 Å². The molecule has 122 valence electrons. The van der Waals surface area contributed by atoms with Crippen LogP contribution in [0.1, 0.15) is 5.56 Å². The van der Waals surface area contributed by atoms with Crippen LogP contribution in [0, 0.1) is 12.7 Å². The van der Waals surface area contributed by atoms with E-state index in [1.165, 1.54) is 16.9 Å². The van der Waals surface area contributed by atoms with E-state index in [0.717, 1.165) is 5.56 Å². The molecule has 1 aromatic heterocycles. The lowest BCUT2D eigenvalue weighted by molar-refractivity contribution is 0.626. The van der Waals surface area contributed by atoms with Gasteiger partial charge in [0.2, 0.25) is 5.96 Å². The van der Waals surface area contributed by atoms with Crippen LogP contribution in [0.25, 0.3) is 16.7 Å². The third-order valence-electron chi connectivity index (χ3n) is 3.23. The molecule has 0 saturated heterocycles. The van der Waals surface area contributed by atoms with Crippen LogP contribution in [0.15, 0.2) is 46.4 Å². The molecule has 9 heteroatoms. The molecule has 6 N–H and O–H groups in total. The minimum atomic E-state index is -0.321. The fourth-order valence-corrected chi connectivity index (χ4v) is 2.15. The zero-order valence-corrected chi connectivity index (χ0v) is 12.8. The number of halogens is 1. The first-order valence-electron chi connectivity index (χ1n) is 7.00. The summed E-state index contributed by atoms with van der Waals surface area (Å²) in [6.07, 6.45) is 0. The van der Waals surface area contributed by atoms with Crippen LogP contribution in [0.3, 0.4) is 0 Å². The maximum absolute atomic E-state index is 13.0. The average molecular weight is 326 g/mol. The Labute approximate surface area is 136 Å². The van der Waals surface area contributed by atoms with Gasteiger partial charge in [0.25, 0.3) is 0 Å². The van der Waals surface area contributed by atoms with E-state index >= 15 is 0 Å². The summed E-state index contributed by atoms with van der Waals surface area (Å²) in [6, 6.07) is 9.44. The number of guanidine groups is 2. The molecule has 24 heavy (non-hydrogen) atoms. The quantitative estimate of drug-likeness (QED) is 0.479. The Balaban J connectivity index is 2.05. The summed E-state index contributed by atoms with van der Waals surface area (Å²) in [5.41, 5.74) is 19.5. The van der Waals surface area contributed by atoms with Gasteiger partial charge in [0, 0.05) is 0 Å². The number of hydrogen-bond acceptors (Lipinski definition) is 3. The highest BCUT2D eigenvalue weighted by Crippen LogP contribution is 2.24. The van der Waals surface area contributed by atoms with Crippen LogP contribution in [0.4, 0.5) is 10.1 Å². The monoisotopic (exact) mass is 326 g/mol. The summed E-state index contributed by atoms with van der Waals surface area (Å²) in [5.74, 6) is -0.543. The predicted molar refractivity (Wildman–Crippen MR) is 90.7 cm³/mol. The van der Waals surface area contributed by atoms with Gasteiger partial charge in [0.05, 0.1) is 11.4 Å². The average Bonchev–Trinajstić information content (AvgIpc) is 2.90. The summed E-state index contributed by atoms with van der Waals surface area (Å²) in [4.78, 5) is 9.27. The minimum absolute atomic E-state index is 0.0524. The van der Waals surface area contributed by atoms with Gasteiger partial charge >= 0.3 is 0 Å². The molecule has 1 heterocycles. The van der Waals surface area contributed by atoms with Gasteiger partial charge in [-0.05, 0) is 48.9 Å². The molecular weight excluding hydrogens is 311 g/mol.